The molecule has 3 aromatic carbocycles. The van der Waals surface area contributed by atoms with Crippen LogP contribution in [-0.2, 0) is 9.53 Å². The lowest BCUT2D eigenvalue weighted by Gasteiger charge is -2.48. The molecule has 2 aliphatic heterocycles. The quantitative estimate of drug-likeness (QED) is 0.221. The summed E-state index contributed by atoms with van der Waals surface area (Å²) in [6.07, 6.45) is 10.1. The smallest absolute Gasteiger partial charge is 0.257 e. The average Bonchev–Trinajstić information content (AvgIpc) is 3.82. The van der Waals surface area contributed by atoms with Crippen LogP contribution in [0.4, 0.5) is 15.8 Å². The van der Waals surface area contributed by atoms with E-state index in [4.69, 9.17) is 4.74 Å². The molecule has 0 unspecified atom stereocenters. The topological polar surface area (TPSA) is 88.5 Å². The molecule has 4 aromatic rings. The summed E-state index contributed by atoms with van der Waals surface area (Å²) in [4.78, 5) is 30.8. The van der Waals surface area contributed by atoms with E-state index in [1.165, 1.54) is 31.7 Å². The highest BCUT2D eigenvalue weighted by molar-refractivity contribution is 5.99. The first-order chi connectivity index (χ1) is 22.9. The van der Waals surface area contributed by atoms with Gasteiger partial charge in [0, 0.05) is 28.8 Å². The number of piperidine rings is 1. The summed E-state index contributed by atoms with van der Waals surface area (Å²) in [5.74, 6) is -1.32. The minimum absolute atomic E-state index is 0.0514. The molecule has 1 aromatic heterocycles. The molecule has 0 bridgehead atoms. The third kappa shape index (κ3) is 5.58. The number of hydrogen-bond donors (Lipinski definition) is 2. The van der Waals surface area contributed by atoms with E-state index in [2.05, 4.69) is 40.0 Å². The molecule has 8 nitrogen and oxygen atoms in total. The number of likely N-dealkylation sites (tertiary alicyclic amines) is 1. The van der Waals surface area contributed by atoms with Crippen molar-refractivity contribution >= 4 is 34.1 Å². The number of aryl methyl sites for hydroxylation is 1. The van der Waals surface area contributed by atoms with Gasteiger partial charge in [0.2, 0.25) is 5.91 Å². The van der Waals surface area contributed by atoms with Gasteiger partial charge in [-0.25, -0.2) is 4.39 Å². The Kier molecular flexibility index (Phi) is 7.95. The molecular weight excluding hydrogens is 593 g/mol. The second-order valence-corrected chi connectivity index (χ2v) is 14.0. The lowest BCUT2D eigenvalue weighted by molar-refractivity contribution is -0.125. The fourth-order valence-corrected chi connectivity index (χ4v) is 8.57. The lowest BCUT2D eigenvalue weighted by Crippen LogP contribution is -2.54. The highest BCUT2D eigenvalue weighted by atomic mass is 19.1. The Balaban J connectivity index is 1.15. The zero-order chi connectivity index (χ0) is 32.1. The van der Waals surface area contributed by atoms with Crippen molar-refractivity contribution in [2.24, 2.45) is 11.8 Å². The highest BCUT2D eigenvalue weighted by Gasteiger charge is 2.50. The van der Waals surface area contributed by atoms with E-state index in [0.29, 0.717) is 36.9 Å². The van der Waals surface area contributed by atoms with Crippen LogP contribution in [-0.4, -0.2) is 51.8 Å². The number of amides is 2. The molecule has 47 heavy (non-hydrogen) atoms. The SMILES string of the molecule is Cc1cccc(F)c1C(=O)N1[C@@H]2CCC[C@@H]2C[C@H](C(=O)Nc2ccc3c(cnn3C3COC3)c2)[C@@H]1c1ccc(NC2CCCC2)cc1. The Bertz CT molecular complexity index is 1770. The van der Waals surface area contributed by atoms with Gasteiger partial charge in [-0.05, 0) is 92.5 Å². The Morgan fingerprint density at radius 1 is 0.936 bits per heavy atom. The molecular formula is C38H42FN5O3. The predicted octanol–water partition coefficient (Wildman–Crippen LogP) is 7.42. The molecule has 4 atom stereocenters. The normalized spacial score (nSPS) is 24.7. The second-order valence-electron chi connectivity index (χ2n) is 14.0. The third-order valence-electron chi connectivity index (χ3n) is 11.0. The molecule has 4 aliphatic rings. The lowest BCUT2D eigenvalue weighted by atomic mass is 9.76. The van der Waals surface area contributed by atoms with Crippen molar-refractivity contribution in [2.45, 2.75) is 82.5 Å². The van der Waals surface area contributed by atoms with Crippen molar-refractivity contribution < 1.29 is 18.7 Å². The summed E-state index contributed by atoms with van der Waals surface area (Å²) in [6, 6.07) is 19.0. The van der Waals surface area contributed by atoms with Gasteiger partial charge in [0.15, 0.2) is 0 Å². The number of nitrogens with zero attached hydrogens (tertiary/aromatic N) is 3. The van der Waals surface area contributed by atoms with Gasteiger partial charge in [-0.1, -0.05) is 43.5 Å². The number of nitrogens with one attached hydrogen (secondary N) is 2. The number of hydrogen-bond acceptors (Lipinski definition) is 5. The molecule has 9 heteroatoms. The summed E-state index contributed by atoms with van der Waals surface area (Å²) in [5.41, 5.74) is 4.34. The summed E-state index contributed by atoms with van der Waals surface area (Å²) < 4.78 is 22.7. The number of ether oxygens (including phenoxy) is 1. The second kappa shape index (κ2) is 12.4. The van der Waals surface area contributed by atoms with Crippen LogP contribution in [0.5, 0.6) is 0 Å². The van der Waals surface area contributed by atoms with Crippen molar-refractivity contribution in [2.75, 3.05) is 23.8 Å². The van der Waals surface area contributed by atoms with E-state index in [1.54, 1.807) is 19.1 Å². The minimum atomic E-state index is -0.536. The van der Waals surface area contributed by atoms with Crippen LogP contribution < -0.4 is 10.6 Å². The van der Waals surface area contributed by atoms with Crippen LogP contribution in [0, 0.1) is 24.6 Å². The Morgan fingerprint density at radius 2 is 1.72 bits per heavy atom. The van der Waals surface area contributed by atoms with Gasteiger partial charge in [0.1, 0.15) is 5.82 Å². The van der Waals surface area contributed by atoms with Gasteiger partial charge < -0.3 is 20.3 Å². The first-order valence-electron chi connectivity index (χ1n) is 17.2. The van der Waals surface area contributed by atoms with E-state index < -0.39 is 17.8 Å². The maximum absolute atomic E-state index is 15.4. The monoisotopic (exact) mass is 635 g/mol. The van der Waals surface area contributed by atoms with Crippen LogP contribution >= 0.6 is 0 Å². The Morgan fingerprint density at radius 3 is 2.47 bits per heavy atom. The Hall–Kier alpha value is -4.24. The molecule has 2 saturated carbocycles. The minimum Gasteiger partial charge on any atom is -0.382 e. The fourth-order valence-electron chi connectivity index (χ4n) is 8.57. The first-order valence-corrected chi connectivity index (χ1v) is 17.2. The molecule has 0 spiro atoms. The van der Waals surface area contributed by atoms with Gasteiger partial charge in [-0.2, -0.15) is 5.10 Å². The van der Waals surface area contributed by atoms with E-state index in [-0.39, 0.29) is 35.4 Å². The van der Waals surface area contributed by atoms with Gasteiger partial charge in [0.25, 0.3) is 5.91 Å². The van der Waals surface area contributed by atoms with Crippen LogP contribution in [0.1, 0.15) is 84.9 Å². The summed E-state index contributed by atoms with van der Waals surface area (Å²) in [6.45, 7) is 3.09. The zero-order valence-corrected chi connectivity index (χ0v) is 26.8. The van der Waals surface area contributed by atoms with Crippen LogP contribution in [0.15, 0.2) is 66.9 Å². The number of rotatable bonds is 7. The van der Waals surface area contributed by atoms with E-state index in [9.17, 15) is 9.59 Å². The number of halogens is 1. The van der Waals surface area contributed by atoms with Crippen LogP contribution in [0.25, 0.3) is 10.9 Å². The predicted molar refractivity (Wildman–Crippen MR) is 180 cm³/mol. The third-order valence-corrected chi connectivity index (χ3v) is 11.0. The number of benzene rings is 3. The van der Waals surface area contributed by atoms with E-state index in [1.807, 2.05) is 34.0 Å². The molecule has 2 amide bonds. The van der Waals surface area contributed by atoms with Gasteiger partial charge >= 0.3 is 0 Å². The summed E-state index contributed by atoms with van der Waals surface area (Å²) in [7, 11) is 0. The van der Waals surface area contributed by atoms with Crippen molar-refractivity contribution in [3.05, 3.63) is 89.4 Å². The summed E-state index contributed by atoms with van der Waals surface area (Å²) in [5, 5.41) is 12.4. The number of anilines is 2. The van der Waals surface area contributed by atoms with E-state index >= 15 is 4.39 Å². The number of fused-ring (bicyclic) bond motifs is 2. The highest BCUT2D eigenvalue weighted by Crippen LogP contribution is 2.49. The molecule has 0 radical (unpaired) electrons. The maximum Gasteiger partial charge on any atom is 0.257 e. The molecule has 2 saturated heterocycles. The molecule has 2 N–H and O–H groups in total. The maximum atomic E-state index is 15.4. The summed E-state index contributed by atoms with van der Waals surface area (Å²) >= 11 is 0. The molecule has 8 rings (SSSR count). The Labute approximate surface area is 274 Å². The number of carbonyl (C=O) groups excluding carboxylic acids is 2. The largest absolute Gasteiger partial charge is 0.382 e. The van der Waals surface area contributed by atoms with Crippen molar-refractivity contribution in [1.82, 2.24) is 14.7 Å². The first kappa shape index (κ1) is 30.1. The van der Waals surface area contributed by atoms with E-state index in [0.717, 1.165) is 41.4 Å². The molecule has 4 fully saturated rings. The van der Waals surface area contributed by atoms with Crippen LogP contribution in [0.3, 0.4) is 0 Å². The van der Waals surface area contributed by atoms with Gasteiger partial charge in [-0.3, -0.25) is 14.3 Å². The standard InChI is InChI=1S/C38H42FN5O3/c1-23-6-4-10-32(39)35(23)38(46)43-33-11-5-7-25(33)19-31(36(43)24-12-14-28(15-13-24)41-27-8-2-3-9-27)37(45)42-29-16-17-34-26(18-29)20-40-44(34)30-21-47-22-30/h4,6,10,12-18,20,25,27,30-31,33,36,41H,2-3,5,7-9,11,19,21-22H2,1H3,(H,42,45)/t25-,31+,33-,36+/m1/s1. The fraction of sp³-hybridized carbons (Fsp3) is 0.447. The van der Waals surface area contributed by atoms with Crippen molar-refractivity contribution in [3.8, 4) is 0 Å². The van der Waals surface area contributed by atoms with Gasteiger partial charge in [-0.15, -0.1) is 0 Å². The number of aromatic nitrogens is 2. The van der Waals surface area contributed by atoms with Crippen molar-refractivity contribution in [3.63, 3.8) is 0 Å². The van der Waals surface area contributed by atoms with Gasteiger partial charge in [0.05, 0.1) is 48.5 Å². The van der Waals surface area contributed by atoms with Crippen LogP contribution in [0.2, 0.25) is 0 Å². The number of carbonyl (C=O) groups is 2. The molecule has 2 aliphatic carbocycles. The average molecular weight is 636 g/mol. The molecule has 244 valence electrons. The molecule has 3 heterocycles. The zero-order valence-electron chi connectivity index (χ0n) is 26.8. The van der Waals surface area contributed by atoms with Crippen molar-refractivity contribution in [1.29, 1.82) is 0 Å².